The van der Waals surface area contributed by atoms with Crippen molar-refractivity contribution in [1.82, 2.24) is 24.7 Å². The quantitative estimate of drug-likeness (QED) is 0.280. The summed E-state index contributed by atoms with van der Waals surface area (Å²) in [5.74, 6) is 0.554. The molecule has 0 fully saturated rings. The second-order valence-corrected chi connectivity index (χ2v) is 7.32. The highest BCUT2D eigenvalue weighted by atomic mass is 32.2. The fourth-order valence-corrected chi connectivity index (χ4v) is 3.58. The summed E-state index contributed by atoms with van der Waals surface area (Å²) in [6.07, 6.45) is 6.44. The minimum Gasteiger partial charge on any atom is -0.385 e. The van der Waals surface area contributed by atoms with Crippen LogP contribution in [0.3, 0.4) is 0 Å². The Labute approximate surface area is 173 Å². The molecule has 29 heavy (non-hydrogen) atoms. The molecule has 0 aliphatic carbocycles. The maximum atomic E-state index is 5.05. The summed E-state index contributed by atoms with van der Waals surface area (Å²) in [4.78, 5) is 17.7. The van der Waals surface area contributed by atoms with Gasteiger partial charge in [-0.25, -0.2) is 15.0 Å². The van der Waals surface area contributed by atoms with Gasteiger partial charge in [0.05, 0.1) is 5.69 Å². The van der Waals surface area contributed by atoms with Crippen molar-refractivity contribution in [2.24, 2.45) is 0 Å². The molecule has 148 valence electrons. The average Bonchev–Trinajstić information content (AvgIpc) is 3.19. The molecule has 3 heterocycles. The molecule has 0 atom stereocenters. The highest BCUT2D eigenvalue weighted by Gasteiger charge is 2.09. The van der Waals surface area contributed by atoms with E-state index in [1.54, 1.807) is 31.5 Å². The maximum absolute atomic E-state index is 5.05. The van der Waals surface area contributed by atoms with Crippen LogP contribution >= 0.6 is 11.9 Å². The number of hydrogen-bond acceptors (Lipinski definition) is 7. The summed E-state index contributed by atoms with van der Waals surface area (Å²) in [5.41, 5.74) is 3.63. The van der Waals surface area contributed by atoms with E-state index in [0.29, 0.717) is 5.95 Å². The van der Waals surface area contributed by atoms with Gasteiger partial charge in [0, 0.05) is 60.4 Å². The van der Waals surface area contributed by atoms with Crippen molar-refractivity contribution >= 4 is 34.6 Å². The zero-order chi connectivity index (χ0) is 19.9. The van der Waals surface area contributed by atoms with Gasteiger partial charge in [-0.15, -0.1) is 0 Å². The van der Waals surface area contributed by atoms with Crippen molar-refractivity contribution < 1.29 is 4.74 Å². The number of fused-ring (bicyclic) bond motifs is 1. The molecule has 0 aliphatic rings. The minimum absolute atomic E-state index is 0.554. The number of pyridine rings is 1. The minimum atomic E-state index is 0.554. The SMILES string of the molecule is COCCCNSc1ccc(Nc2nccc(-c3c[nH]c4ncccc34)n2)cc1. The highest BCUT2D eigenvalue weighted by Crippen LogP contribution is 2.27. The summed E-state index contributed by atoms with van der Waals surface area (Å²) in [6.45, 7) is 1.67. The smallest absolute Gasteiger partial charge is 0.227 e. The Balaban J connectivity index is 1.42. The number of H-pyrrole nitrogens is 1. The lowest BCUT2D eigenvalue weighted by Gasteiger charge is -2.08. The van der Waals surface area contributed by atoms with Gasteiger partial charge in [-0.05, 0) is 60.8 Å². The molecular formula is C21H22N6OS. The number of anilines is 2. The van der Waals surface area contributed by atoms with E-state index < -0.39 is 0 Å². The molecule has 0 saturated carbocycles. The number of nitrogens with zero attached hydrogens (tertiary/aromatic N) is 3. The Morgan fingerprint density at radius 2 is 1.97 bits per heavy atom. The predicted octanol–water partition coefficient (Wildman–Crippen LogP) is 4.40. The van der Waals surface area contributed by atoms with E-state index in [1.807, 2.05) is 36.5 Å². The van der Waals surface area contributed by atoms with Crippen LogP contribution in [0.15, 0.2) is 66.0 Å². The lowest BCUT2D eigenvalue weighted by molar-refractivity contribution is 0.196. The molecule has 0 bridgehead atoms. The van der Waals surface area contributed by atoms with E-state index in [4.69, 9.17) is 4.74 Å². The van der Waals surface area contributed by atoms with Gasteiger partial charge in [-0.3, -0.25) is 4.72 Å². The number of hydrogen-bond donors (Lipinski definition) is 3. The third-order valence-corrected chi connectivity index (χ3v) is 5.17. The van der Waals surface area contributed by atoms with Gasteiger partial charge in [0.15, 0.2) is 0 Å². The number of methoxy groups -OCH3 is 1. The van der Waals surface area contributed by atoms with Gasteiger partial charge >= 0.3 is 0 Å². The van der Waals surface area contributed by atoms with Crippen LogP contribution in [-0.2, 0) is 4.74 Å². The van der Waals surface area contributed by atoms with E-state index in [1.165, 1.54) is 0 Å². The lowest BCUT2D eigenvalue weighted by Crippen LogP contribution is -2.07. The Hall–Kier alpha value is -2.94. The fraction of sp³-hybridized carbons (Fsp3) is 0.190. The van der Waals surface area contributed by atoms with Crippen LogP contribution in [0.25, 0.3) is 22.3 Å². The number of nitrogens with one attached hydrogen (secondary N) is 3. The standard InChI is InChI=1S/C21H22N6OS/c1-28-13-3-11-25-29-16-7-5-15(6-8-16)26-21-23-12-9-19(27-21)18-14-24-20-17(18)4-2-10-22-20/h2,4-10,12,14,25H,3,11,13H2,1H3,(H,22,24)(H,23,26,27). The van der Waals surface area contributed by atoms with Crippen molar-refractivity contribution in [2.75, 3.05) is 25.6 Å². The molecule has 3 N–H and O–H groups in total. The van der Waals surface area contributed by atoms with Crippen LogP contribution in [0, 0.1) is 0 Å². The van der Waals surface area contributed by atoms with Crippen LogP contribution in [0.2, 0.25) is 0 Å². The van der Waals surface area contributed by atoms with Crippen molar-refractivity contribution in [3.05, 3.63) is 61.1 Å². The lowest BCUT2D eigenvalue weighted by atomic mass is 10.1. The number of ether oxygens (including phenoxy) is 1. The fourth-order valence-electron chi connectivity index (χ4n) is 2.90. The Morgan fingerprint density at radius 1 is 1.07 bits per heavy atom. The van der Waals surface area contributed by atoms with Gasteiger partial charge in [-0.1, -0.05) is 0 Å². The molecule has 1 aromatic carbocycles. The zero-order valence-corrected chi connectivity index (χ0v) is 16.9. The first-order chi connectivity index (χ1) is 14.3. The van der Waals surface area contributed by atoms with E-state index in [9.17, 15) is 0 Å². The second kappa shape index (κ2) is 9.51. The van der Waals surface area contributed by atoms with Gasteiger partial charge in [0.25, 0.3) is 0 Å². The van der Waals surface area contributed by atoms with Crippen LogP contribution in [0.1, 0.15) is 6.42 Å². The van der Waals surface area contributed by atoms with E-state index in [-0.39, 0.29) is 0 Å². The normalized spacial score (nSPS) is 11.1. The summed E-state index contributed by atoms with van der Waals surface area (Å²) in [7, 11) is 1.72. The molecule has 0 saturated heterocycles. The van der Waals surface area contributed by atoms with Crippen molar-refractivity contribution in [3.63, 3.8) is 0 Å². The Kier molecular flexibility index (Phi) is 6.35. The summed E-state index contributed by atoms with van der Waals surface area (Å²) in [6, 6.07) is 14.0. The van der Waals surface area contributed by atoms with Crippen LogP contribution in [0.5, 0.6) is 0 Å². The first-order valence-corrected chi connectivity index (χ1v) is 10.2. The van der Waals surface area contributed by atoms with E-state index in [2.05, 4.69) is 42.1 Å². The molecule has 4 rings (SSSR count). The summed E-state index contributed by atoms with van der Waals surface area (Å²) < 4.78 is 8.37. The Morgan fingerprint density at radius 3 is 2.83 bits per heavy atom. The molecule has 0 amide bonds. The molecule has 0 radical (unpaired) electrons. The highest BCUT2D eigenvalue weighted by molar-refractivity contribution is 7.97. The zero-order valence-electron chi connectivity index (χ0n) is 16.1. The third kappa shape index (κ3) is 4.92. The van der Waals surface area contributed by atoms with Crippen LogP contribution < -0.4 is 10.0 Å². The summed E-state index contributed by atoms with van der Waals surface area (Å²) in [5, 5.41) is 4.31. The molecule has 3 aromatic heterocycles. The monoisotopic (exact) mass is 406 g/mol. The first kappa shape index (κ1) is 19.4. The third-order valence-electron chi connectivity index (χ3n) is 4.31. The van der Waals surface area contributed by atoms with Gasteiger partial charge in [0.2, 0.25) is 5.95 Å². The van der Waals surface area contributed by atoms with Crippen molar-refractivity contribution in [2.45, 2.75) is 11.3 Å². The number of aromatic nitrogens is 4. The predicted molar refractivity (Wildman–Crippen MR) is 117 cm³/mol. The van der Waals surface area contributed by atoms with E-state index in [0.717, 1.165) is 52.4 Å². The van der Waals surface area contributed by atoms with Crippen LogP contribution in [-0.4, -0.2) is 40.2 Å². The molecule has 0 aliphatic heterocycles. The van der Waals surface area contributed by atoms with Crippen LogP contribution in [0.4, 0.5) is 11.6 Å². The number of benzene rings is 1. The Bertz CT molecular complexity index is 1070. The van der Waals surface area contributed by atoms with Crippen molar-refractivity contribution in [3.8, 4) is 11.3 Å². The number of aromatic amines is 1. The van der Waals surface area contributed by atoms with E-state index >= 15 is 0 Å². The van der Waals surface area contributed by atoms with Gasteiger partial charge in [0.1, 0.15) is 5.65 Å². The molecule has 0 spiro atoms. The average molecular weight is 407 g/mol. The van der Waals surface area contributed by atoms with Crippen molar-refractivity contribution in [1.29, 1.82) is 0 Å². The summed E-state index contributed by atoms with van der Waals surface area (Å²) >= 11 is 1.61. The molecule has 0 unspecified atom stereocenters. The first-order valence-electron chi connectivity index (χ1n) is 9.35. The molecular weight excluding hydrogens is 384 g/mol. The van der Waals surface area contributed by atoms with Gasteiger partial charge < -0.3 is 15.0 Å². The molecule has 8 heteroatoms. The number of rotatable bonds is 9. The topological polar surface area (TPSA) is 87.8 Å². The van der Waals surface area contributed by atoms with Gasteiger partial charge in [-0.2, -0.15) is 0 Å². The molecule has 4 aromatic rings. The largest absolute Gasteiger partial charge is 0.385 e. The molecule has 7 nitrogen and oxygen atoms in total. The maximum Gasteiger partial charge on any atom is 0.227 e. The second-order valence-electron chi connectivity index (χ2n) is 6.36.